The number of hydrogen-bond acceptors (Lipinski definition) is 8. The van der Waals surface area contributed by atoms with Gasteiger partial charge in [0.1, 0.15) is 18.1 Å². The number of fused-ring (bicyclic) bond motifs is 1. The molecular weight excluding hydrogens is 520 g/mol. The van der Waals surface area contributed by atoms with Crippen molar-refractivity contribution in [1.29, 1.82) is 0 Å². The predicted octanol–water partition coefficient (Wildman–Crippen LogP) is 4.13. The van der Waals surface area contributed by atoms with Crippen LogP contribution in [-0.2, 0) is 21.7 Å². The van der Waals surface area contributed by atoms with Gasteiger partial charge in [-0.05, 0) is 38.1 Å². The van der Waals surface area contributed by atoms with Crippen LogP contribution in [0.2, 0.25) is 0 Å². The van der Waals surface area contributed by atoms with Gasteiger partial charge in [0.05, 0.1) is 43.1 Å². The predicted molar refractivity (Wildman–Crippen MR) is 147 cm³/mol. The van der Waals surface area contributed by atoms with E-state index in [2.05, 4.69) is 9.97 Å². The third-order valence-corrected chi connectivity index (χ3v) is 7.46. The maximum absolute atomic E-state index is 13.7. The molecule has 2 heterocycles. The Labute approximate surface area is 229 Å². The summed E-state index contributed by atoms with van der Waals surface area (Å²) >= 11 is -1.73. The standard InChI is InChI=1S/C28H30N4O6S/c1-18-16-29-23(19(2)25(18)37-5)17-39(35)27-30-22-12-11-21(36-4)15-24(22)32(27)28(34)31(3)13-14-38-26(33)20-9-7-6-8-10-20/h6-12,15-16H,13-14,17H2,1-5H3. The largest absolute Gasteiger partial charge is 0.609 e. The molecule has 2 aromatic heterocycles. The van der Waals surface area contributed by atoms with E-state index >= 15 is 0 Å². The molecule has 1 amide bonds. The van der Waals surface area contributed by atoms with E-state index in [9.17, 15) is 14.1 Å². The van der Waals surface area contributed by atoms with Crippen molar-refractivity contribution < 1.29 is 28.4 Å². The minimum atomic E-state index is -1.73. The van der Waals surface area contributed by atoms with Crippen LogP contribution in [0, 0.1) is 13.8 Å². The molecular formula is C28H30N4O6S. The van der Waals surface area contributed by atoms with Gasteiger partial charge in [-0.25, -0.2) is 14.2 Å². The number of rotatable bonds is 9. The first-order valence-electron chi connectivity index (χ1n) is 12.2. The fourth-order valence-electron chi connectivity index (χ4n) is 4.10. The van der Waals surface area contributed by atoms with Crippen LogP contribution in [0.1, 0.15) is 27.2 Å². The van der Waals surface area contributed by atoms with Gasteiger partial charge in [0.2, 0.25) is 0 Å². The van der Waals surface area contributed by atoms with Crippen LogP contribution < -0.4 is 9.47 Å². The number of benzene rings is 2. The molecule has 0 N–H and O–H groups in total. The zero-order valence-electron chi connectivity index (χ0n) is 22.5. The average Bonchev–Trinajstić information content (AvgIpc) is 3.33. The molecule has 0 spiro atoms. The van der Waals surface area contributed by atoms with E-state index in [1.165, 1.54) is 16.6 Å². The number of carbonyl (C=O) groups excluding carboxylic acids is 2. The number of aromatic nitrogens is 3. The molecule has 204 valence electrons. The highest BCUT2D eigenvalue weighted by molar-refractivity contribution is 7.90. The second-order valence-electron chi connectivity index (χ2n) is 8.83. The Morgan fingerprint density at radius 3 is 2.51 bits per heavy atom. The van der Waals surface area contributed by atoms with Crippen LogP contribution in [-0.4, -0.2) is 70.4 Å². The Balaban J connectivity index is 1.60. The Kier molecular flexibility index (Phi) is 8.72. The molecule has 0 aliphatic heterocycles. The van der Waals surface area contributed by atoms with Crippen LogP contribution in [0.4, 0.5) is 4.79 Å². The summed E-state index contributed by atoms with van der Waals surface area (Å²) in [5.74, 6) is 0.756. The van der Waals surface area contributed by atoms with Gasteiger partial charge in [-0.2, -0.15) is 4.98 Å². The van der Waals surface area contributed by atoms with Gasteiger partial charge in [-0.1, -0.05) is 18.2 Å². The van der Waals surface area contributed by atoms with Crippen molar-refractivity contribution >= 4 is 34.2 Å². The van der Waals surface area contributed by atoms with E-state index < -0.39 is 23.2 Å². The van der Waals surface area contributed by atoms with Gasteiger partial charge < -0.3 is 23.7 Å². The minimum absolute atomic E-state index is 0.0172. The Hall–Kier alpha value is -4.09. The molecule has 0 bridgehead atoms. The van der Waals surface area contributed by atoms with Gasteiger partial charge in [0, 0.05) is 41.6 Å². The Morgan fingerprint density at radius 2 is 1.82 bits per heavy atom. The number of aryl methyl sites for hydroxylation is 1. The maximum Gasteiger partial charge on any atom is 0.338 e. The summed E-state index contributed by atoms with van der Waals surface area (Å²) in [5, 5.41) is 0.0807. The number of pyridine rings is 1. The molecule has 0 fully saturated rings. The number of ether oxygens (including phenoxy) is 3. The van der Waals surface area contributed by atoms with Crippen LogP contribution >= 0.6 is 0 Å². The first kappa shape index (κ1) is 27.9. The highest BCUT2D eigenvalue weighted by atomic mass is 32.2. The number of esters is 1. The summed E-state index contributed by atoms with van der Waals surface area (Å²) in [6.07, 6.45) is 1.67. The molecule has 0 radical (unpaired) electrons. The molecule has 11 heteroatoms. The number of carbonyl (C=O) groups is 2. The number of amides is 1. The number of hydrogen-bond donors (Lipinski definition) is 0. The zero-order valence-corrected chi connectivity index (χ0v) is 23.3. The average molecular weight is 551 g/mol. The van der Waals surface area contributed by atoms with Gasteiger partial charge >= 0.3 is 17.2 Å². The molecule has 10 nitrogen and oxygen atoms in total. The summed E-state index contributed by atoms with van der Waals surface area (Å²) in [4.78, 5) is 36.3. The van der Waals surface area contributed by atoms with E-state index in [0.29, 0.717) is 33.8 Å². The third kappa shape index (κ3) is 5.99. The highest BCUT2D eigenvalue weighted by Gasteiger charge is 2.30. The summed E-state index contributed by atoms with van der Waals surface area (Å²) in [5.41, 5.74) is 3.59. The second kappa shape index (κ2) is 12.2. The highest BCUT2D eigenvalue weighted by Crippen LogP contribution is 2.29. The van der Waals surface area contributed by atoms with E-state index in [-0.39, 0.29) is 24.1 Å². The molecule has 4 aromatic rings. The molecule has 4 rings (SSSR count). The lowest BCUT2D eigenvalue weighted by Crippen LogP contribution is -2.35. The molecule has 1 atom stereocenters. The van der Waals surface area contributed by atoms with Gasteiger partial charge in [-0.15, -0.1) is 0 Å². The van der Waals surface area contributed by atoms with Crippen LogP contribution in [0.3, 0.4) is 0 Å². The lowest BCUT2D eigenvalue weighted by Gasteiger charge is -2.19. The number of methoxy groups -OCH3 is 2. The van der Waals surface area contributed by atoms with Crippen LogP contribution in [0.25, 0.3) is 11.0 Å². The molecule has 1 unspecified atom stereocenters. The fraction of sp³-hybridized carbons (Fsp3) is 0.286. The van der Waals surface area contributed by atoms with Gasteiger partial charge in [0.15, 0.2) is 5.75 Å². The normalized spacial score (nSPS) is 11.7. The number of imidazole rings is 1. The maximum atomic E-state index is 13.7. The molecule has 0 aliphatic rings. The van der Waals surface area contributed by atoms with Crippen molar-refractivity contribution in [3.8, 4) is 11.5 Å². The van der Waals surface area contributed by atoms with Crippen molar-refractivity contribution in [2.24, 2.45) is 0 Å². The van der Waals surface area contributed by atoms with Crippen molar-refractivity contribution in [3.63, 3.8) is 0 Å². The molecule has 2 aromatic carbocycles. The van der Waals surface area contributed by atoms with Crippen molar-refractivity contribution in [1.82, 2.24) is 19.4 Å². The molecule has 39 heavy (non-hydrogen) atoms. The third-order valence-electron chi connectivity index (χ3n) is 6.24. The quantitative estimate of drug-likeness (QED) is 0.225. The van der Waals surface area contributed by atoms with Crippen molar-refractivity contribution in [3.05, 3.63) is 77.1 Å². The van der Waals surface area contributed by atoms with Gasteiger partial charge in [0.25, 0.3) is 0 Å². The summed E-state index contributed by atoms with van der Waals surface area (Å²) < 4.78 is 31.1. The van der Waals surface area contributed by atoms with Crippen LogP contribution in [0.15, 0.2) is 59.9 Å². The Bertz CT molecular complexity index is 1490. The lowest BCUT2D eigenvalue weighted by atomic mass is 10.1. The van der Waals surface area contributed by atoms with Crippen LogP contribution in [0.5, 0.6) is 11.5 Å². The second-order valence-corrected chi connectivity index (χ2v) is 10.2. The first-order valence-corrected chi connectivity index (χ1v) is 13.5. The SMILES string of the molecule is COc1ccc2nc([S+]([O-])Cc3ncc(C)c(OC)c3C)n(C(=O)N(C)CCOC(=O)c3ccccc3)c2c1. The number of nitrogens with zero attached hydrogens (tertiary/aromatic N) is 4. The van der Waals surface area contributed by atoms with Crippen molar-refractivity contribution in [2.75, 3.05) is 34.4 Å². The monoisotopic (exact) mass is 550 g/mol. The smallest absolute Gasteiger partial charge is 0.338 e. The van der Waals surface area contributed by atoms with Crippen molar-refractivity contribution in [2.45, 2.75) is 24.8 Å². The topological polar surface area (TPSA) is 119 Å². The molecule has 0 aliphatic carbocycles. The zero-order chi connectivity index (χ0) is 28.1. The minimum Gasteiger partial charge on any atom is -0.609 e. The lowest BCUT2D eigenvalue weighted by molar-refractivity contribution is 0.0482. The Morgan fingerprint density at radius 1 is 1.08 bits per heavy atom. The molecule has 0 saturated carbocycles. The first-order chi connectivity index (χ1) is 18.7. The summed E-state index contributed by atoms with van der Waals surface area (Å²) in [6.45, 7) is 3.84. The van der Waals surface area contributed by atoms with E-state index in [1.54, 1.807) is 62.8 Å². The molecule has 0 saturated heterocycles. The van der Waals surface area contributed by atoms with E-state index in [1.807, 2.05) is 19.9 Å². The van der Waals surface area contributed by atoms with E-state index in [0.717, 1.165) is 11.1 Å². The fourth-order valence-corrected chi connectivity index (χ4v) is 5.35. The summed E-state index contributed by atoms with van der Waals surface area (Å²) in [7, 11) is 4.68. The summed E-state index contributed by atoms with van der Waals surface area (Å²) in [6, 6.07) is 13.2. The number of likely N-dealkylation sites (N-methyl/N-ethyl adjacent to an activating group) is 1. The van der Waals surface area contributed by atoms with Gasteiger partial charge in [-0.3, -0.25) is 4.98 Å². The van der Waals surface area contributed by atoms with E-state index in [4.69, 9.17) is 14.2 Å².